The van der Waals surface area contributed by atoms with Crippen LogP contribution in [0.25, 0.3) is 0 Å². The standard InChI is InChI=1S/C19H29N3O3/c1-21(2)12-18(23)22-9-6-17-19(14-22,7-4-10-25-17)15-24-13-16-5-3-8-20-11-16/h3,5,8,11,17H,4,6-7,9-10,12-15H2,1-2H3/t17-,19-/m1/s1. The number of ether oxygens (including phenoxy) is 2. The van der Waals surface area contributed by atoms with Crippen LogP contribution in [0, 0.1) is 5.41 Å². The highest BCUT2D eigenvalue weighted by Gasteiger charge is 2.47. The lowest BCUT2D eigenvalue weighted by atomic mass is 9.73. The number of likely N-dealkylation sites (N-methyl/N-ethyl adjacent to an activating group) is 1. The topological polar surface area (TPSA) is 54.9 Å². The van der Waals surface area contributed by atoms with Gasteiger partial charge in [0.25, 0.3) is 0 Å². The third kappa shape index (κ3) is 4.57. The van der Waals surface area contributed by atoms with Gasteiger partial charge in [-0.15, -0.1) is 0 Å². The maximum absolute atomic E-state index is 12.5. The molecule has 25 heavy (non-hydrogen) atoms. The summed E-state index contributed by atoms with van der Waals surface area (Å²) in [4.78, 5) is 20.6. The summed E-state index contributed by atoms with van der Waals surface area (Å²) < 4.78 is 12.1. The number of amides is 1. The zero-order chi connectivity index (χ0) is 17.7. The van der Waals surface area contributed by atoms with Gasteiger partial charge in [0.05, 0.1) is 25.9 Å². The fraction of sp³-hybridized carbons (Fsp3) is 0.684. The van der Waals surface area contributed by atoms with Crippen molar-refractivity contribution in [3.05, 3.63) is 30.1 Å². The first-order valence-electron chi connectivity index (χ1n) is 9.10. The van der Waals surface area contributed by atoms with E-state index in [0.29, 0.717) is 19.8 Å². The molecule has 0 saturated carbocycles. The first-order chi connectivity index (χ1) is 12.1. The molecule has 0 radical (unpaired) electrons. The Morgan fingerprint density at radius 3 is 3.16 bits per heavy atom. The zero-order valence-electron chi connectivity index (χ0n) is 15.3. The van der Waals surface area contributed by atoms with E-state index in [2.05, 4.69) is 4.98 Å². The summed E-state index contributed by atoms with van der Waals surface area (Å²) in [7, 11) is 3.86. The van der Waals surface area contributed by atoms with E-state index in [0.717, 1.165) is 44.5 Å². The van der Waals surface area contributed by atoms with Gasteiger partial charge in [-0.2, -0.15) is 0 Å². The Kier molecular flexibility index (Phi) is 6.04. The number of likely N-dealkylation sites (tertiary alicyclic amines) is 1. The summed E-state index contributed by atoms with van der Waals surface area (Å²) in [5.41, 5.74) is 0.990. The molecule has 0 aliphatic carbocycles. The van der Waals surface area contributed by atoms with E-state index in [1.807, 2.05) is 42.2 Å². The summed E-state index contributed by atoms with van der Waals surface area (Å²) in [5, 5.41) is 0. The number of carbonyl (C=O) groups is 1. The maximum atomic E-state index is 12.5. The van der Waals surface area contributed by atoms with Crippen molar-refractivity contribution in [3.63, 3.8) is 0 Å². The minimum Gasteiger partial charge on any atom is -0.377 e. The average molecular weight is 347 g/mol. The molecule has 1 aromatic rings. The lowest BCUT2D eigenvalue weighted by Gasteiger charge is -2.50. The number of nitrogens with zero attached hydrogens (tertiary/aromatic N) is 3. The molecule has 1 aromatic heterocycles. The zero-order valence-corrected chi connectivity index (χ0v) is 15.3. The number of fused-ring (bicyclic) bond motifs is 1. The van der Waals surface area contributed by atoms with Gasteiger partial charge in [-0.3, -0.25) is 9.78 Å². The quantitative estimate of drug-likeness (QED) is 0.782. The van der Waals surface area contributed by atoms with Crippen LogP contribution in [0.5, 0.6) is 0 Å². The van der Waals surface area contributed by atoms with Crippen molar-refractivity contribution in [2.24, 2.45) is 5.41 Å². The Labute approximate surface area is 150 Å². The van der Waals surface area contributed by atoms with Crippen molar-refractivity contribution in [1.82, 2.24) is 14.8 Å². The van der Waals surface area contributed by atoms with Crippen molar-refractivity contribution in [3.8, 4) is 0 Å². The Bertz CT molecular complexity index is 566. The van der Waals surface area contributed by atoms with E-state index in [-0.39, 0.29) is 17.4 Å². The molecule has 0 spiro atoms. The molecule has 6 heteroatoms. The molecular formula is C19H29N3O3. The second kappa shape index (κ2) is 8.25. The van der Waals surface area contributed by atoms with E-state index in [1.54, 1.807) is 6.20 Å². The largest absolute Gasteiger partial charge is 0.377 e. The number of hydrogen-bond acceptors (Lipinski definition) is 5. The fourth-order valence-corrected chi connectivity index (χ4v) is 3.94. The molecule has 2 fully saturated rings. The van der Waals surface area contributed by atoms with Crippen molar-refractivity contribution >= 4 is 5.91 Å². The third-order valence-electron chi connectivity index (χ3n) is 5.17. The number of piperidine rings is 1. The van der Waals surface area contributed by atoms with Gasteiger partial charge in [0.1, 0.15) is 0 Å². The van der Waals surface area contributed by atoms with Crippen molar-refractivity contribution in [2.75, 3.05) is 46.9 Å². The van der Waals surface area contributed by atoms with Crippen molar-refractivity contribution in [1.29, 1.82) is 0 Å². The van der Waals surface area contributed by atoms with E-state index in [4.69, 9.17) is 9.47 Å². The van der Waals surface area contributed by atoms with Crippen molar-refractivity contribution in [2.45, 2.75) is 32.0 Å². The predicted molar refractivity (Wildman–Crippen MR) is 95.1 cm³/mol. The van der Waals surface area contributed by atoms with Crippen LogP contribution in [-0.2, 0) is 20.9 Å². The van der Waals surface area contributed by atoms with Crippen LogP contribution in [0.1, 0.15) is 24.8 Å². The number of carbonyl (C=O) groups excluding carboxylic acids is 1. The first kappa shape index (κ1) is 18.3. The SMILES string of the molecule is CN(C)CC(=O)N1CC[C@H]2OCCC[C@]2(COCc2cccnc2)C1. The van der Waals surface area contributed by atoms with Crippen LogP contribution in [0.2, 0.25) is 0 Å². The van der Waals surface area contributed by atoms with Crippen LogP contribution in [0.3, 0.4) is 0 Å². The van der Waals surface area contributed by atoms with E-state index >= 15 is 0 Å². The molecule has 0 unspecified atom stereocenters. The van der Waals surface area contributed by atoms with Gasteiger partial charge in [-0.1, -0.05) is 6.07 Å². The predicted octanol–water partition coefficient (Wildman–Crippen LogP) is 1.56. The van der Waals surface area contributed by atoms with Gasteiger partial charge in [0, 0.05) is 37.5 Å². The van der Waals surface area contributed by atoms with Gasteiger partial charge in [-0.05, 0) is 45.0 Å². The number of hydrogen-bond donors (Lipinski definition) is 0. The monoisotopic (exact) mass is 347 g/mol. The molecule has 2 saturated heterocycles. The highest BCUT2D eigenvalue weighted by Crippen LogP contribution is 2.40. The van der Waals surface area contributed by atoms with E-state index in [9.17, 15) is 4.79 Å². The summed E-state index contributed by atoms with van der Waals surface area (Å²) in [5.74, 6) is 0.195. The van der Waals surface area contributed by atoms with E-state index < -0.39 is 0 Å². The second-order valence-corrected chi connectivity index (χ2v) is 7.52. The van der Waals surface area contributed by atoms with Gasteiger partial charge in [0.2, 0.25) is 5.91 Å². The molecule has 138 valence electrons. The normalized spacial score (nSPS) is 26.5. The van der Waals surface area contributed by atoms with Crippen molar-refractivity contribution < 1.29 is 14.3 Å². The molecule has 3 heterocycles. The molecule has 1 amide bonds. The molecule has 0 bridgehead atoms. The van der Waals surface area contributed by atoms with Crippen LogP contribution in [0.4, 0.5) is 0 Å². The third-order valence-corrected chi connectivity index (χ3v) is 5.17. The Balaban J connectivity index is 1.63. The minimum atomic E-state index is -0.0827. The van der Waals surface area contributed by atoms with Crippen LogP contribution >= 0.6 is 0 Å². The Morgan fingerprint density at radius 2 is 2.40 bits per heavy atom. The second-order valence-electron chi connectivity index (χ2n) is 7.52. The lowest BCUT2D eigenvalue weighted by Crippen LogP contribution is -2.58. The van der Waals surface area contributed by atoms with Crippen LogP contribution in [-0.4, -0.2) is 73.7 Å². The number of rotatable bonds is 6. The smallest absolute Gasteiger partial charge is 0.236 e. The summed E-state index contributed by atoms with van der Waals surface area (Å²) in [6, 6.07) is 3.94. The summed E-state index contributed by atoms with van der Waals surface area (Å²) >= 11 is 0. The molecule has 6 nitrogen and oxygen atoms in total. The molecular weight excluding hydrogens is 318 g/mol. The summed E-state index contributed by atoms with van der Waals surface area (Å²) in [6.45, 7) is 3.96. The highest BCUT2D eigenvalue weighted by atomic mass is 16.5. The Morgan fingerprint density at radius 1 is 1.52 bits per heavy atom. The van der Waals surface area contributed by atoms with Crippen LogP contribution < -0.4 is 0 Å². The van der Waals surface area contributed by atoms with Gasteiger partial charge in [-0.25, -0.2) is 0 Å². The molecule has 0 N–H and O–H groups in total. The molecule has 2 aliphatic heterocycles. The van der Waals surface area contributed by atoms with Crippen LogP contribution in [0.15, 0.2) is 24.5 Å². The van der Waals surface area contributed by atoms with E-state index in [1.165, 1.54) is 0 Å². The Hall–Kier alpha value is -1.50. The minimum absolute atomic E-state index is 0.0827. The molecule has 2 atom stereocenters. The first-order valence-corrected chi connectivity index (χ1v) is 9.10. The average Bonchev–Trinajstić information content (AvgIpc) is 2.61. The van der Waals surface area contributed by atoms with Gasteiger partial charge in [0.15, 0.2) is 0 Å². The summed E-state index contributed by atoms with van der Waals surface area (Å²) in [6.07, 6.45) is 6.77. The molecule has 2 aliphatic rings. The highest BCUT2D eigenvalue weighted by molar-refractivity contribution is 5.78. The number of pyridine rings is 1. The fourth-order valence-electron chi connectivity index (χ4n) is 3.94. The lowest BCUT2D eigenvalue weighted by molar-refractivity contribution is -0.166. The maximum Gasteiger partial charge on any atom is 0.236 e. The van der Waals surface area contributed by atoms with Gasteiger partial charge >= 0.3 is 0 Å². The number of aromatic nitrogens is 1. The molecule has 3 rings (SSSR count). The molecule has 0 aromatic carbocycles. The van der Waals surface area contributed by atoms with Gasteiger partial charge < -0.3 is 19.3 Å².